The van der Waals surface area contributed by atoms with Crippen LogP contribution in [0.4, 0.5) is 4.39 Å². The summed E-state index contributed by atoms with van der Waals surface area (Å²) in [5.74, 6) is -1.20. The van der Waals surface area contributed by atoms with E-state index in [9.17, 15) is 9.18 Å². The van der Waals surface area contributed by atoms with Crippen LogP contribution in [0.2, 0.25) is 0 Å². The van der Waals surface area contributed by atoms with E-state index in [4.69, 9.17) is 5.11 Å². The second-order valence-electron chi connectivity index (χ2n) is 5.65. The summed E-state index contributed by atoms with van der Waals surface area (Å²) in [5.41, 5.74) is 1.75. The van der Waals surface area contributed by atoms with Crippen molar-refractivity contribution in [1.29, 1.82) is 0 Å². The number of imidazole rings is 1. The lowest BCUT2D eigenvalue weighted by Crippen LogP contribution is -2.12. The first-order valence-electron chi connectivity index (χ1n) is 7.03. The fraction of sp³-hybridized carbons (Fsp3) is 0.467. The zero-order valence-electron chi connectivity index (χ0n) is 11.8. The van der Waals surface area contributed by atoms with Crippen LogP contribution in [0.25, 0.3) is 11.0 Å². The fourth-order valence-corrected chi connectivity index (χ4v) is 3.33. The number of nitrogens with zero attached hydrogens (tertiary/aromatic N) is 2. The van der Waals surface area contributed by atoms with Crippen LogP contribution in [0.3, 0.4) is 0 Å². The Balaban J connectivity index is 2.01. The Morgan fingerprint density at radius 2 is 2.29 bits per heavy atom. The maximum Gasteiger partial charge on any atom is 0.313 e. The fourth-order valence-electron chi connectivity index (χ4n) is 2.60. The highest BCUT2D eigenvalue weighted by molar-refractivity contribution is 7.99. The lowest BCUT2D eigenvalue weighted by Gasteiger charge is -2.16. The van der Waals surface area contributed by atoms with Crippen molar-refractivity contribution in [3.05, 3.63) is 24.0 Å². The van der Waals surface area contributed by atoms with E-state index in [1.807, 2.05) is 4.57 Å². The Morgan fingerprint density at radius 3 is 2.90 bits per heavy atom. The average molecular weight is 308 g/mol. The Morgan fingerprint density at radius 1 is 1.52 bits per heavy atom. The number of rotatable bonds is 6. The molecule has 3 rings (SSSR count). The van der Waals surface area contributed by atoms with Crippen LogP contribution in [0, 0.1) is 11.2 Å². The van der Waals surface area contributed by atoms with Crippen LogP contribution >= 0.6 is 11.8 Å². The summed E-state index contributed by atoms with van der Waals surface area (Å²) in [6, 6.07) is 4.52. The Hall–Kier alpha value is -1.56. The molecule has 6 heteroatoms. The molecule has 0 atom stereocenters. The first kappa shape index (κ1) is 14.4. The summed E-state index contributed by atoms with van der Waals surface area (Å²) in [4.78, 5) is 15.3. The van der Waals surface area contributed by atoms with Gasteiger partial charge >= 0.3 is 5.97 Å². The van der Waals surface area contributed by atoms with E-state index in [-0.39, 0.29) is 17.0 Å². The molecule has 1 aliphatic rings. The number of hydrogen-bond donors (Lipinski definition) is 1. The van der Waals surface area contributed by atoms with Crippen molar-refractivity contribution < 1.29 is 14.3 Å². The first-order chi connectivity index (χ1) is 10.0. The predicted octanol–water partition coefficient (Wildman–Crippen LogP) is 3.54. The summed E-state index contributed by atoms with van der Waals surface area (Å²) in [6.45, 7) is 2.95. The highest BCUT2D eigenvalue weighted by Gasteiger charge is 2.41. The molecule has 1 aliphatic carbocycles. The molecule has 0 saturated heterocycles. The van der Waals surface area contributed by atoms with E-state index >= 15 is 0 Å². The first-order valence-corrected chi connectivity index (χ1v) is 8.02. The van der Waals surface area contributed by atoms with Gasteiger partial charge in [0.15, 0.2) is 5.16 Å². The molecule has 0 unspecified atom stereocenters. The summed E-state index contributed by atoms with van der Waals surface area (Å²) in [6.07, 6.45) is 3.41. The van der Waals surface area contributed by atoms with E-state index in [1.165, 1.54) is 36.7 Å². The van der Waals surface area contributed by atoms with E-state index in [0.717, 1.165) is 24.0 Å². The molecule has 2 aromatic rings. The normalized spacial score (nSPS) is 16.3. The van der Waals surface area contributed by atoms with Gasteiger partial charge in [0.1, 0.15) is 5.82 Å². The Bertz CT molecular complexity index is 694. The average Bonchev–Trinajstić information content (AvgIpc) is 3.15. The lowest BCUT2D eigenvalue weighted by atomic mass is 10.0. The Kier molecular flexibility index (Phi) is 3.65. The highest BCUT2D eigenvalue weighted by Crippen LogP contribution is 2.50. The van der Waals surface area contributed by atoms with Gasteiger partial charge in [0, 0.05) is 6.54 Å². The Labute approximate surface area is 126 Å². The number of fused-ring (bicyclic) bond motifs is 1. The number of hydrogen-bond acceptors (Lipinski definition) is 3. The van der Waals surface area contributed by atoms with Crippen LogP contribution in [0.1, 0.15) is 26.2 Å². The van der Waals surface area contributed by atoms with Gasteiger partial charge < -0.3 is 9.67 Å². The molecule has 112 valence electrons. The van der Waals surface area contributed by atoms with Gasteiger partial charge in [0.25, 0.3) is 0 Å². The van der Waals surface area contributed by atoms with Gasteiger partial charge in [0.2, 0.25) is 0 Å². The van der Waals surface area contributed by atoms with Crippen molar-refractivity contribution in [2.45, 2.75) is 37.9 Å². The van der Waals surface area contributed by atoms with Crippen molar-refractivity contribution in [2.75, 3.05) is 5.75 Å². The van der Waals surface area contributed by atoms with Gasteiger partial charge in [-0.2, -0.15) is 0 Å². The second-order valence-corrected chi connectivity index (χ2v) is 6.59. The van der Waals surface area contributed by atoms with Crippen molar-refractivity contribution in [3.63, 3.8) is 0 Å². The molecule has 1 aromatic carbocycles. The van der Waals surface area contributed by atoms with Gasteiger partial charge in [-0.25, -0.2) is 9.37 Å². The number of carboxylic acids is 1. The molecule has 0 spiro atoms. The van der Waals surface area contributed by atoms with Gasteiger partial charge in [0.05, 0.1) is 16.8 Å². The van der Waals surface area contributed by atoms with Crippen molar-refractivity contribution in [3.8, 4) is 0 Å². The predicted molar refractivity (Wildman–Crippen MR) is 80.0 cm³/mol. The second kappa shape index (κ2) is 5.33. The largest absolute Gasteiger partial charge is 0.481 e. The molecule has 0 amide bonds. The molecule has 0 radical (unpaired) electrons. The van der Waals surface area contributed by atoms with E-state index in [2.05, 4.69) is 11.9 Å². The number of carbonyl (C=O) groups is 1. The summed E-state index contributed by atoms with van der Waals surface area (Å²) in [5, 5.41) is 9.52. The minimum absolute atomic E-state index is 0.0368. The highest BCUT2D eigenvalue weighted by atomic mass is 32.2. The minimum atomic E-state index is -0.874. The van der Waals surface area contributed by atoms with Crippen LogP contribution in [-0.2, 0) is 11.3 Å². The molecular formula is C15H17FN2O2S. The van der Waals surface area contributed by atoms with Crippen LogP contribution in [-0.4, -0.2) is 26.4 Å². The zero-order valence-corrected chi connectivity index (χ0v) is 12.6. The van der Waals surface area contributed by atoms with Crippen LogP contribution in [0.5, 0.6) is 0 Å². The third kappa shape index (κ3) is 2.90. The summed E-state index contributed by atoms with van der Waals surface area (Å²) < 4.78 is 15.5. The maximum absolute atomic E-state index is 13.5. The van der Waals surface area contributed by atoms with Crippen molar-refractivity contribution in [2.24, 2.45) is 5.41 Å². The molecule has 0 bridgehead atoms. The zero-order chi connectivity index (χ0) is 15.0. The SMILES string of the molecule is CCC1(Cn2c(SCC(=O)O)nc3ccc(F)cc32)CC1. The lowest BCUT2D eigenvalue weighted by molar-refractivity contribution is -0.133. The topological polar surface area (TPSA) is 55.1 Å². The van der Waals surface area contributed by atoms with Gasteiger partial charge in [-0.15, -0.1) is 0 Å². The third-order valence-electron chi connectivity index (χ3n) is 4.20. The quantitative estimate of drug-likeness (QED) is 0.829. The molecule has 1 saturated carbocycles. The molecule has 1 N–H and O–H groups in total. The van der Waals surface area contributed by atoms with E-state index in [1.54, 1.807) is 6.07 Å². The number of aromatic nitrogens is 2. The van der Waals surface area contributed by atoms with Crippen molar-refractivity contribution in [1.82, 2.24) is 9.55 Å². The summed E-state index contributed by atoms with van der Waals surface area (Å²) >= 11 is 1.20. The van der Waals surface area contributed by atoms with Gasteiger partial charge in [-0.3, -0.25) is 4.79 Å². The van der Waals surface area contributed by atoms with Crippen LogP contribution < -0.4 is 0 Å². The third-order valence-corrected chi connectivity index (χ3v) is 5.16. The van der Waals surface area contributed by atoms with Crippen molar-refractivity contribution >= 4 is 28.8 Å². The molecule has 0 aliphatic heterocycles. The van der Waals surface area contributed by atoms with Gasteiger partial charge in [-0.1, -0.05) is 18.7 Å². The van der Waals surface area contributed by atoms with E-state index in [0.29, 0.717) is 5.16 Å². The number of benzene rings is 1. The number of carboxylic acid groups (broad SMARTS) is 1. The number of thioether (sulfide) groups is 1. The molecular weight excluding hydrogens is 291 g/mol. The molecule has 1 heterocycles. The molecule has 4 nitrogen and oxygen atoms in total. The van der Waals surface area contributed by atoms with E-state index < -0.39 is 5.97 Å². The molecule has 1 fully saturated rings. The standard InChI is InChI=1S/C15H17FN2O2S/c1-2-15(5-6-15)9-18-12-7-10(16)3-4-11(12)17-14(18)21-8-13(19)20/h3-4,7H,2,5-6,8-9H2,1H3,(H,19,20). The maximum atomic E-state index is 13.5. The number of aliphatic carboxylic acids is 1. The van der Waals surface area contributed by atoms with Crippen LogP contribution in [0.15, 0.2) is 23.4 Å². The van der Waals surface area contributed by atoms with Gasteiger partial charge in [-0.05, 0) is 42.9 Å². The molecule has 21 heavy (non-hydrogen) atoms. The number of halogens is 1. The summed E-state index contributed by atoms with van der Waals surface area (Å²) in [7, 11) is 0. The molecule has 1 aromatic heterocycles. The smallest absolute Gasteiger partial charge is 0.313 e. The minimum Gasteiger partial charge on any atom is -0.481 e. The monoisotopic (exact) mass is 308 g/mol.